The molecule has 0 saturated carbocycles. The molecular formula is C8H6N4NaO2S+. The van der Waals surface area contributed by atoms with Crippen LogP contribution in [0.5, 0.6) is 0 Å². The molecule has 2 N–H and O–H groups in total. The van der Waals surface area contributed by atoms with Gasteiger partial charge in [0, 0.05) is 17.8 Å². The summed E-state index contributed by atoms with van der Waals surface area (Å²) in [5.74, 6) is 0. The fourth-order valence-corrected chi connectivity index (χ4v) is 1.04. The Bertz CT molecular complexity index is 429. The number of anilines is 1. The Morgan fingerprint density at radius 3 is 2.44 bits per heavy atom. The van der Waals surface area contributed by atoms with E-state index in [2.05, 4.69) is 10.6 Å². The van der Waals surface area contributed by atoms with Crippen molar-refractivity contribution in [2.75, 3.05) is 5.32 Å². The fourth-order valence-electron chi connectivity index (χ4n) is 0.880. The zero-order valence-corrected chi connectivity index (χ0v) is 11.2. The van der Waals surface area contributed by atoms with Crippen LogP contribution in [0.25, 0.3) is 0 Å². The molecule has 1 rings (SSSR count). The average molecular weight is 245 g/mol. The predicted molar refractivity (Wildman–Crippen MR) is 58.1 cm³/mol. The van der Waals surface area contributed by atoms with Crippen molar-refractivity contribution >= 4 is 28.7 Å². The van der Waals surface area contributed by atoms with Gasteiger partial charge in [0.15, 0.2) is 11.3 Å². The number of nitriles is 1. The second kappa shape index (κ2) is 7.14. The molecule has 0 saturated heterocycles. The maximum absolute atomic E-state index is 10.3. The molecule has 0 bridgehead atoms. The van der Waals surface area contributed by atoms with E-state index in [1.54, 1.807) is 6.19 Å². The van der Waals surface area contributed by atoms with Crippen LogP contribution < -0.4 is 40.2 Å². The Morgan fingerprint density at radius 2 is 2.00 bits per heavy atom. The van der Waals surface area contributed by atoms with Gasteiger partial charge in [-0.05, 0) is 24.4 Å². The molecule has 0 atom stereocenters. The average Bonchev–Trinajstić information content (AvgIpc) is 2.18. The first-order valence-electron chi connectivity index (χ1n) is 3.84. The molecule has 0 aliphatic heterocycles. The summed E-state index contributed by atoms with van der Waals surface area (Å²) in [6, 6.07) is 5.70. The molecule has 0 amide bonds. The van der Waals surface area contributed by atoms with E-state index in [9.17, 15) is 10.1 Å². The quantitative estimate of drug-likeness (QED) is 0.162. The molecule has 8 heteroatoms. The van der Waals surface area contributed by atoms with E-state index in [-0.39, 0.29) is 40.4 Å². The number of rotatable bonds is 2. The zero-order chi connectivity index (χ0) is 11.3. The molecule has 0 unspecified atom stereocenters. The monoisotopic (exact) mass is 245 g/mol. The van der Waals surface area contributed by atoms with Crippen molar-refractivity contribution < 1.29 is 34.5 Å². The maximum Gasteiger partial charge on any atom is 1.00 e. The first-order chi connectivity index (χ1) is 7.13. The second-order valence-electron chi connectivity index (χ2n) is 2.49. The van der Waals surface area contributed by atoms with E-state index >= 15 is 0 Å². The molecular weight excluding hydrogens is 239 g/mol. The number of benzene rings is 1. The number of nitro groups is 1. The van der Waals surface area contributed by atoms with E-state index in [1.165, 1.54) is 24.3 Å². The van der Waals surface area contributed by atoms with E-state index in [0.29, 0.717) is 5.69 Å². The van der Waals surface area contributed by atoms with E-state index in [4.69, 9.17) is 17.5 Å². The zero-order valence-electron chi connectivity index (χ0n) is 8.43. The van der Waals surface area contributed by atoms with E-state index in [1.807, 2.05) is 0 Å². The van der Waals surface area contributed by atoms with Crippen LogP contribution in [0.3, 0.4) is 0 Å². The Balaban J connectivity index is 0.00000225. The number of thiocarbonyl (C=S) groups is 1. The SMILES string of the molecule is N#CNC(=S)Nc1ccc([N+](=O)[O-])cc1.[Na+]. The smallest absolute Gasteiger partial charge is 0.332 e. The summed E-state index contributed by atoms with van der Waals surface area (Å²) >= 11 is 4.74. The number of hydrogen-bond acceptors (Lipinski definition) is 4. The van der Waals surface area contributed by atoms with Crippen LogP contribution >= 0.6 is 12.2 Å². The maximum atomic E-state index is 10.3. The van der Waals surface area contributed by atoms with Gasteiger partial charge in [0.2, 0.25) is 0 Å². The minimum Gasteiger partial charge on any atom is -0.332 e. The number of non-ortho nitro benzene ring substituents is 1. The van der Waals surface area contributed by atoms with Crippen LogP contribution in [0.1, 0.15) is 0 Å². The van der Waals surface area contributed by atoms with Crippen molar-refractivity contribution in [1.29, 1.82) is 5.26 Å². The van der Waals surface area contributed by atoms with Crippen molar-refractivity contribution in [3.05, 3.63) is 34.4 Å². The summed E-state index contributed by atoms with van der Waals surface area (Å²) in [6.45, 7) is 0. The Morgan fingerprint density at radius 1 is 1.44 bits per heavy atom. The second-order valence-corrected chi connectivity index (χ2v) is 2.90. The first kappa shape index (κ1) is 14.8. The largest absolute Gasteiger partial charge is 1.00 e. The Labute approximate surface area is 119 Å². The third-order valence-electron chi connectivity index (χ3n) is 1.51. The summed E-state index contributed by atoms with van der Waals surface area (Å²) in [6.07, 6.45) is 1.66. The van der Waals surface area contributed by atoms with Gasteiger partial charge >= 0.3 is 29.6 Å². The molecule has 16 heavy (non-hydrogen) atoms. The normalized spacial score (nSPS) is 8.19. The van der Waals surface area contributed by atoms with E-state index < -0.39 is 4.92 Å². The topological polar surface area (TPSA) is 91.0 Å². The van der Waals surface area contributed by atoms with Gasteiger partial charge in [0.05, 0.1) is 4.92 Å². The van der Waals surface area contributed by atoms with Crippen LogP contribution in [-0.4, -0.2) is 10.0 Å². The third-order valence-corrected chi connectivity index (χ3v) is 1.71. The Kier molecular flexibility index (Phi) is 6.60. The molecule has 76 valence electrons. The van der Waals surface area contributed by atoms with Crippen molar-refractivity contribution in [3.8, 4) is 6.19 Å². The molecule has 6 nitrogen and oxygen atoms in total. The molecule has 0 radical (unpaired) electrons. The molecule has 0 fully saturated rings. The molecule has 0 spiro atoms. The first-order valence-corrected chi connectivity index (χ1v) is 4.25. The van der Waals surface area contributed by atoms with Gasteiger partial charge < -0.3 is 5.32 Å². The number of nitro benzene ring substituents is 1. The van der Waals surface area contributed by atoms with Gasteiger partial charge in [-0.3, -0.25) is 15.4 Å². The summed E-state index contributed by atoms with van der Waals surface area (Å²) in [5, 5.41) is 23.6. The number of hydrogen-bond donors (Lipinski definition) is 2. The molecule has 0 aliphatic rings. The van der Waals surface area contributed by atoms with Crippen LogP contribution in [0.4, 0.5) is 11.4 Å². The molecule has 1 aromatic rings. The van der Waals surface area contributed by atoms with Crippen LogP contribution in [-0.2, 0) is 0 Å². The van der Waals surface area contributed by atoms with Crippen molar-refractivity contribution in [2.24, 2.45) is 0 Å². The summed E-state index contributed by atoms with van der Waals surface area (Å²) < 4.78 is 0. The molecule has 0 aromatic heterocycles. The van der Waals surface area contributed by atoms with Crippen LogP contribution in [0.15, 0.2) is 24.3 Å². The van der Waals surface area contributed by atoms with Crippen molar-refractivity contribution in [2.45, 2.75) is 0 Å². The third kappa shape index (κ3) is 4.55. The molecule has 0 heterocycles. The van der Waals surface area contributed by atoms with Gasteiger partial charge in [0.1, 0.15) is 0 Å². The van der Waals surface area contributed by atoms with E-state index in [0.717, 1.165) is 0 Å². The number of nitrogens with one attached hydrogen (secondary N) is 2. The van der Waals surface area contributed by atoms with Crippen LogP contribution in [0, 0.1) is 21.6 Å². The van der Waals surface area contributed by atoms with Crippen LogP contribution in [0.2, 0.25) is 0 Å². The molecule has 1 aromatic carbocycles. The van der Waals surface area contributed by atoms with Crippen molar-refractivity contribution in [3.63, 3.8) is 0 Å². The van der Waals surface area contributed by atoms with Gasteiger partial charge in [-0.25, -0.2) is 0 Å². The minimum absolute atomic E-state index is 0. The summed E-state index contributed by atoms with van der Waals surface area (Å²) in [4.78, 5) is 9.85. The van der Waals surface area contributed by atoms with Crippen molar-refractivity contribution in [1.82, 2.24) is 5.32 Å². The fraction of sp³-hybridized carbons (Fsp3) is 0. The minimum atomic E-state index is -0.490. The predicted octanol–water partition coefficient (Wildman–Crippen LogP) is -1.63. The molecule has 0 aliphatic carbocycles. The standard InChI is InChI=1S/C8H6N4O2S.Na/c9-5-10-8(15)11-6-1-3-7(4-2-6)12(13)14;/h1-4H,(H2,10,11,15);/q;+1. The van der Waals surface area contributed by atoms with Gasteiger partial charge in [0.25, 0.3) is 5.69 Å². The number of nitrogens with zero attached hydrogens (tertiary/aromatic N) is 2. The van der Waals surface area contributed by atoms with Gasteiger partial charge in [-0.15, -0.1) is 0 Å². The summed E-state index contributed by atoms with van der Waals surface area (Å²) in [7, 11) is 0. The Hall–Kier alpha value is -1.20. The summed E-state index contributed by atoms with van der Waals surface area (Å²) in [5.41, 5.74) is 0.577. The van der Waals surface area contributed by atoms with Gasteiger partial charge in [-0.2, -0.15) is 5.26 Å². The van der Waals surface area contributed by atoms with Gasteiger partial charge in [-0.1, -0.05) is 0 Å².